The molecule has 2 heterocycles. The van der Waals surface area contributed by atoms with Gasteiger partial charge in [0.05, 0.1) is 10.7 Å². The minimum absolute atomic E-state index is 0.475. The van der Waals surface area contributed by atoms with E-state index in [4.69, 9.17) is 11.6 Å². The highest BCUT2D eigenvalue weighted by Gasteiger charge is 2.33. The summed E-state index contributed by atoms with van der Waals surface area (Å²) in [5, 5.41) is 0.714. The molecule has 2 aromatic rings. The van der Waals surface area contributed by atoms with Crippen molar-refractivity contribution in [2.24, 2.45) is 5.92 Å². The normalized spacial score (nSPS) is 21.7. The Morgan fingerprint density at radius 1 is 0.733 bits per heavy atom. The first-order valence-corrected chi connectivity index (χ1v) is 19.5. The number of rotatable bonds is 8. The lowest BCUT2D eigenvalue weighted by Gasteiger charge is -2.38. The van der Waals surface area contributed by atoms with E-state index < -0.39 is 10.2 Å². The van der Waals surface area contributed by atoms with E-state index in [1.54, 1.807) is 8.61 Å². The van der Waals surface area contributed by atoms with Gasteiger partial charge < -0.3 is 14.7 Å². The smallest absolute Gasteiger partial charge is 0.282 e. The summed E-state index contributed by atoms with van der Waals surface area (Å²) in [6, 6.07) is 16.6. The van der Waals surface area contributed by atoms with Crippen LogP contribution in [0.25, 0.3) is 0 Å². The van der Waals surface area contributed by atoms with Crippen LogP contribution in [-0.4, -0.2) is 112 Å². The summed E-state index contributed by atoms with van der Waals surface area (Å²) in [7, 11) is 0.566. The van der Waals surface area contributed by atoms with Crippen LogP contribution in [0.15, 0.2) is 53.4 Å². The van der Waals surface area contributed by atoms with E-state index in [9.17, 15) is 8.42 Å². The molecular weight excluding hydrogens is 624 g/mol. The molecule has 3 aliphatic rings. The summed E-state index contributed by atoms with van der Waals surface area (Å²) in [6.45, 7) is 8.39. The zero-order valence-corrected chi connectivity index (χ0v) is 29.7. The second kappa shape index (κ2) is 17.0. The molecule has 0 amide bonds. The summed E-state index contributed by atoms with van der Waals surface area (Å²) >= 11 is 8.27. The molecule has 2 aromatic carbocycles. The average molecular weight is 677 g/mol. The molecule has 8 nitrogen and oxygen atoms in total. The Kier molecular flexibility index (Phi) is 13.2. The molecular formula is C34H53ClN6O2S2. The summed E-state index contributed by atoms with van der Waals surface area (Å²) in [6.07, 6.45) is 9.57. The molecule has 0 spiro atoms. The van der Waals surface area contributed by atoms with Gasteiger partial charge in [0.15, 0.2) is 0 Å². The van der Waals surface area contributed by atoms with Gasteiger partial charge in [0, 0.05) is 83.6 Å². The lowest BCUT2D eigenvalue weighted by molar-refractivity contribution is 0.185. The van der Waals surface area contributed by atoms with E-state index >= 15 is 0 Å². The molecule has 11 heteroatoms. The van der Waals surface area contributed by atoms with Crippen molar-refractivity contribution in [1.82, 2.24) is 17.8 Å². The molecule has 0 atom stereocenters. The van der Waals surface area contributed by atoms with Crippen LogP contribution in [0.3, 0.4) is 0 Å². The van der Waals surface area contributed by atoms with Crippen molar-refractivity contribution in [3.8, 4) is 0 Å². The highest BCUT2D eigenvalue weighted by molar-refractivity contribution is 7.97. The van der Waals surface area contributed by atoms with Gasteiger partial charge in [0.25, 0.3) is 10.2 Å². The standard InChI is InChI=1S/C34H53ClN6O2S2/c1-36(2)31-15-17-32(18-16-31)44-39-21-8-19-37(29-30-11-4-3-5-12-30)20-9-23-40(24-10-22-39)45(42,43)41-27-25-38(26-28-41)34-14-7-6-13-33(34)35/h6-7,13-18,30H,3-5,8-12,19-29H2,1-2H3. The predicted molar refractivity (Wildman–Crippen MR) is 191 cm³/mol. The van der Waals surface area contributed by atoms with E-state index in [-0.39, 0.29) is 0 Å². The second-order valence-electron chi connectivity index (χ2n) is 13.0. The quantitative estimate of drug-likeness (QED) is 0.311. The van der Waals surface area contributed by atoms with Crippen LogP contribution in [0.4, 0.5) is 11.4 Å². The Hall–Kier alpha value is -1.53. The highest BCUT2D eigenvalue weighted by Crippen LogP contribution is 2.29. The molecule has 0 bridgehead atoms. The predicted octanol–water partition coefficient (Wildman–Crippen LogP) is 6.15. The number of anilines is 2. The average Bonchev–Trinajstić information content (AvgIpc) is 3.04. The molecule has 2 aliphatic heterocycles. The van der Waals surface area contributed by atoms with Crippen molar-refractivity contribution in [3.05, 3.63) is 53.6 Å². The van der Waals surface area contributed by atoms with Gasteiger partial charge in [-0.25, -0.2) is 4.31 Å². The van der Waals surface area contributed by atoms with Crippen molar-refractivity contribution in [2.45, 2.75) is 56.3 Å². The number of piperazine rings is 1. The van der Waals surface area contributed by atoms with Crippen LogP contribution in [0.5, 0.6) is 0 Å². The van der Waals surface area contributed by atoms with Gasteiger partial charge in [-0.2, -0.15) is 17.0 Å². The summed E-state index contributed by atoms with van der Waals surface area (Å²) in [5.41, 5.74) is 2.18. The van der Waals surface area contributed by atoms with Crippen LogP contribution < -0.4 is 9.80 Å². The number of benzene rings is 2. The number of nitrogens with zero attached hydrogens (tertiary/aromatic N) is 6. The fourth-order valence-corrected chi connectivity index (χ4v) is 9.85. The molecule has 1 aliphatic carbocycles. The first kappa shape index (κ1) is 34.8. The lowest BCUT2D eigenvalue weighted by atomic mass is 9.89. The summed E-state index contributed by atoms with van der Waals surface area (Å²) < 4.78 is 34.1. The molecule has 0 unspecified atom stereocenters. The topological polar surface area (TPSA) is 53.6 Å². The van der Waals surface area contributed by atoms with Crippen LogP contribution >= 0.6 is 23.5 Å². The van der Waals surface area contributed by atoms with Crippen molar-refractivity contribution in [1.29, 1.82) is 0 Å². The van der Waals surface area contributed by atoms with Crippen molar-refractivity contribution < 1.29 is 8.42 Å². The Bertz CT molecular complexity index is 1280. The molecule has 250 valence electrons. The molecule has 0 aromatic heterocycles. The van der Waals surface area contributed by atoms with Crippen molar-refractivity contribution >= 4 is 45.1 Å². The van der Waals surface area contributed by atoms with Gasteiger partial charge in [-0.3, -0.25) is 0 Å². The van der Waals surface area contributed by atoms with Gasteiger partial charge in [-0.05, 0) is 99.5 Å². The van der Waals surface area contributed by atoms with E-state index in [2.05, 4.69) is 57.4 Å². The number of halogens is 1. The highest BCUT2D eigenvalue weighted by atomic mass is 35.5. The van der Waals surface area contributed by atoms with E-state index in [1.165, 1.54) is 42.7 Å². The first-order valence-electron chi connectivity index (χ1n) is 17.0. The third-order valence-electron chi connectivity index (χ3n) is 9.49. The Morgan fingerprint density at radius 2 is 1.33 bits per heavy atom. The van der Waals surface area contributed by atoms with Crippen LogP contribution in [-0.2, 0) is 10.2 Å². The fourth-order valence-electron chi connectivity index (χ4n) is 6.93. The number of hydrogen-bond acceptors (Lipinski definition) is 7. The van der Waals surface area contributed by atoms with Gasteiger partial charge in [0.1, 0.15) is 0 Å². The maximum absolute atomic E-state index is 14.1. The maximum Gasteiger partial charge on any atom is 0.282 e. The van der Waals surface area contributed by atoms with Crippen LogP contribution in [0, 0.1) is 5.92 Å². The van der Waals surface area contributed by atoms with Crippen LogP contribution in [0.2, 0.25) is 5.02 Å². The molecule has 0 radical (unpaired) electrons. The molecule has 5 rings (SSSR count). The fraction of sp³-hybridized carbons (Fsp3) is 0.647. The lowest BCUT2D eigenvalue weighted by Crippen LogP contribution is -2.53. The monoisotopic (exact) mass is 676 g/mol. The molecule has 1 saturated carbocycles. The van der Waals surface area contributed by atoms with Crippen molar-refractivity contribution in [2.75, 3.05) is 95.9 Å². The molecule has 3 fully saturated rings. The number of para-hydroxylation sites is 1. The largest absolute Gasteiger partial charge is 0.378 e. The Morgan fingerprint density at radius 3 is 1.98 bits per heavy atom. The van der Waals surface area contributed by atoms with E-state index in [0.29, 0.717) is 44.3 Å². The van der Waals surface area contributed by atoms with E-state index in [1.807, 2.05) is 36.2 Å². The first-order chi connectivity index (χ1) is 21.8. The third kappa shape index (κ3) is 9.98. The van der Waals surface area contributed by atoms with Gasteiger partial charge in [-0.1, -0.05) is 43.0 Å². The van der Waals surface area contributed by atoms with Gasteiger partial charge in [-0.15, -0.1) is 0 Å². The second-order valence-corrected chi connectivity index (χ2v) is 16.5. The minimum Gasteiger partial charge on any atom is -0.378 e. The summed E-state index contributed by atoms with van der Waals surface area (Å²) in [4.78, 5) is 8.19. The SMILES string of the molecule is CN(C)c1ccc(SN2CCCN(CC3CCCCC3)CCCN(S(=O)(=O)N3CCN(c4ccccc4Cl)CC3)CCC2)cc1. The molecule has 2 saturated heterocycles. The van der Waals surface area contributed by atoms with E-state index in [0.717, 1.165) is 63.6 Å². The maximum atomic E-state index is 14.1. The van der Waals surface area contributed by atoms with Gasteiger partial charge >= 0.3 is 0 Å². The van der Waals surface area contributed by atoms with Crippen molar-refractivity contribution in [3.63, 3.8) is 0 Å². The zero-order valence-electron chi connectivity index (χ0n) is 27.3. The number of hydrogen-bond donors (Lipinski definition) is 0. The van der Waals surface area contributed by atoms with Crippen LogP contribution in [0.1, 0.15) is 51.4 Å². The van der Waals surface area contributed by atoms with Gasteiger partial charge in [0.2, 0.25) is 0 Å². The summed E-state index contributed by atoms with van der Waals surface area (Å²) in [5.74, 6) is 0.779. The Labute approximate surface area is 282 Å². The molecule has 0 N–H and O–H groups in total. The minimum atomic E-state index is -3.56. The zero-order chi connectivity index (χ0) is 31.6. The Balaban J connectivity index is 1.25. The molecule has 45 heavy (non-hydrogen) atoms. The third-order valence-corrected chi connectivity index (χ3v) is 13.0.